The van der Waals surface area contributed by atoms with Crippen LogP contribution in [0.2, 0.25) is 5.02 Å². The maximum atomic E-state index is 12.9. The molecule has 0 aliphatic carbocycles. The van der Waals surface area contributed by atoms with E-state index in [9.17, 15) is 18.0 Å². The summed E-state index contributed by atoms with van der Waals surface area (Å²) in [4.78, 5) is 25.5. The fraction of sp³-hybridized carbons (Fsp3) is 0.200. The van der Waals surface area contributed by atoms with Gasteiger partial charge in [0.1, 0.15) is 0 Å². The molecule has 0 heterocycles. The molecule has 34 heavy (non-hydrogen) atoms. The van der Waals surface area contributed by atoms with E-state index in [0.717, 1.165) is 10.7 Å². The third-order valence-electron chi connectivity index (χ3n) is 5.37. The Hall–Kier alpha value is -3.36. The highest BCUT2D eigenvalue weighted by molar-refractivity contribution is 7.92. The number of nitrogens with zero attached hydrogens (tertiary/aromatic N) is 1. The molecular weight excluding hydrogens is 474 g/mol. The molecule has 7 nitrogen and oxygen atoms in total. The molecule has 0 spiro atoms. The molecule has 2 amide bonds. The Labute approximate surface area is 204 Å². The van der Waals surface area contributed by atoms with Gasteiger partial charge in [0.2, 0.25) is 0 Å². The zero-order valence-electron chi connectivity index (χ0n) is 19.1. The van der Waals surface area contributed by atoms with E-state index in [2.05, 4.69) is 10.6 Å². The lowest BCUT2D eigenvalue weighted by Crippen LogP contribution is -2.32. The zero-order chi connectivity index (χ0) is 24.9. The number of rotatable bonds is 8. The van der Waals surface area contributed by atoms with E-state index in [1.807, 2.05) is 13.8 Å². The molecule has 0 aliphatic heterocycles. The van der Waals surface area contributed by atoms with Crippen LogP contribution in [0, 0.1) is 0 Å². The Morgan fingerprint density at radius 3 is 2.18 bits per heavy atom. The van der Waals surface area contributed by atoms with Gasteiger partial charge in [0.15, 0.2) is 0 Å². The van der Waals surface area contributed by atoms with Crippen molar-refractivity contribution in [3.05, 3.63) is 88.9 Å². The molecule has 3 rings (SSSR count). The fourth-order valence-electron chi connectivity index (χ4n) is 3.11. The monoisotopic (exact) mass is 499 g/mol. The lowest BCUT2D eigenvalue weighted by Gasteiger charge is -2.20. The molecule has 9 heteroatoms. The minimum atomic E-state index is -3.79. The lowest BCUT2D eigenvalue weighted by atomic mass is 10.1. The second-order valence-corrected chi connectivity index (χ2v) is 10.2. The van der Waals surface area contributed by atoms with Gasteiger partial charge in [-0.3, -0.25) is 13.9 Å². The minimum Gasteiger partial charge on any atom is -0.350 e. The first-order valence-corrected chi connectivity index (χ1v) is 12.5. The van der Waals surface area contributed by atoms with E-state index < -0.39 is 15.9 Å². The third-order valence-corrected chi connectivity index (χ3v) is 7.43. The number of benzene rings is 3. The SMILES string of the molecule is CCC(C)NC(=O)c1ccccc1NC(=O)c1ccc(N(C)S(=O)(=O)c2ccc(Cl)cc2)cc1. The number of para-hydroxylation sites is 1. The maximum absolute atomic E-state index is 12.9. The van der Waals surface area contributed by atoms with Crippen LogP contribution in [-0.4, -0.2) is 33.3 Å². The van der Waals surface area contributed by atoms with Crippen LogP contribution in [0.3, 0.4) is 0 Å². The average Bonchev–Trinajstić information content (AvgIpc) is 2.84. The van der Waals surface area contributed by atoms with E-state index >= 15 is 0 Å². The molecule has 3 aromatic rings. The summed E-state index contributed by atoms with van der Waals surface area (Å²) < 4.78 is 26.9. The zero-order valence-corrected chi connectivity index (χ0v) is 20.7. The molecule has 2 N–H and O–H groups in total. The predicted molar refractivity (Wildman–Crippen MR) is 135 cm³/mol. The van der Waals surface area contributed by atoms with Gasteiger partial charge in [-0.15, -0.1) is 0 Å². The summed E-state index contributed by atoms with van der Waals surface area (Å²) in [7, 11) is -2.35. The third kappa shape index (κ3) is 5.76. The van der Waals surface area contributed by atoms with E-state index in [4.69, 9.17) is 11.6 Å². The highest BCUT2D eigenvalue weighted by Crippen LogP contribution is 2.24. The Balaban J connectivity index is 1.76. The number of amides is 2. The molecule has 0 aromatic heterocycles. The number of anilines is 2. The molecule has 0 saturated heterocycles. The quantitative estimate of drug-likeness (QED) is 0.458. The van der Waals surface area contributed by atoms with Gasteiger partial charge in [0.25, 0.3) is 21.8 Å². The predicted octanol–water partition coefficient (Wildman–Crippen LogP) is 4.95. The first-order valence-electron chi connectivity index (χ1n) is 10.7. The largest absolute Gasteiger partial charge is 0.350 e. The summed E-state index contributed by atoms with van der Waals surface area (Å²) in [5, 5.41) is 6.10. The Morgan fingerprint density at radius 1 is 0.941 bits per heavy atom. The van der Waals surface area contributed by atoms with Crippen LogP contribution in [0.5, 0.6) is 0 Å². The first kappa shape index (κ1) is 25.3. The van der Waals surface area contributed by atoms with Crippen LogP contribution >= 0.6 is 11.6 Å². The molecular formula is C25H26ClN3O4S. The Bertz CT molecular complexity index is 1280. The summed E-state index contributed by atoms with van der Waals surface area (Å²) >= 11 is 5.85. The second-order valence-electron chi connectivity index (χ2n) is 7.76. The van der Waals surface area contributed by atoms with Crippen LogP contribution in [-0.2, 0) is 10.0 Å². The number of nitrogens with one attached hydrogen (secondary N) is 2. The molecule has 3 aromatic carbocycles. The molecule has 0 radical (unpaired) electrons. The van der Waals surface area contributed by atoms with Gasteiger partial charge >= 0.3 is 0 Å². The molecule has 0 bridgehead atoms. The van der Waals surface area contributed by atoms with Gasteiger partial charge in [-0.2, -0.15) is 0 Å². The molecule has 1 unspecified atom stereocenters. The maximum Gasteiger partial charge on any atom is 0.264 e. The van der Waals surface area contributed by atoms with Gasteiger partial charge in [0.05, 0.1) is 21.8 Å². The van der Waals surface area contributed by atoms with E-state index in [-0.39, 0.29) is 16.8 Å². The number of carbonyl (C=O) groups excluding carboxylic acids is 2. The molecule has 1 atom stereocenters. The number of carbonyl (C=O) groups is 2. The summed E-state index contributed by atoms with van der Waals surface area (Å²) in [6.07, 6.45) is 0.787. The van der Waals surface area contributed by atoms with Crippen LogP contribution in [0.4, 0.5) is 11.4 Å². The Kier molecular flexibility index (Phi) is 7.96. The average molecular weight is 500 g/mol. The van der Waals surface area contributed by atoms with Crippen molar-refractivity contribution in [1.29, 1.82) is 0 Å². The second kappa shape index (κ2) is 10.7. The molecule has 0 fully saturated rings. The van der Waals surface area contributed by atoms with Crippen LogP contribution in [0.25, 0.3) is 0 Å². The molecule has 178 valence electrons. The topological polar surface area (TPSA) is 95.6 Å². The van der Waals surface area contributed by atoms with E-state index in [1.165, 1.54) is 43.4 Å². The summed E-state index contributed by atoms with van der Waals surface area (Å²) in [5.41, 5.74) is 1.46. The number of halogens is 1. The van der Waals surface area contributed by atoms with Gasteiger partial charge in [-0.1, -0.05) is 30.7 Å². The summed E-state index contributed by atoms with van der Waals surface area (Å²) in [5.74, 6) is -0.687. The van der Waals surface area contributed by atoms with Gasteiger partial charge in [0, 0.05) is 23.7 Å². The van der Waals surface area contributed by atoms with E-state index in [1.54, 1.807) is 36.4 Å². The standard InChI is InChI=1S/C25H26ClN3O4S/c1-4-17(2)27-25(31)22-7-5-6-8-23(22)28-24(30)18-9-13-20(14-10-18)29(3)34(32,33)21-15-11-19(26)12-16-21/h5-17H,4H2,1-3H3,(H,27,31)(H,28,30). The molecule has 0 aliphatic rings. The van der Waals surface area contributed by atoms with E-state index in [0.29, 0.717) is 27.5 Å². The first-order chi connectivity index (χ1) is 16.1. The van der Waals surface area contributed by atoms with Crippen LogP contribution in [0.15, 0.2) is 77.7 Å². The van der Waals surface area contributed by atoms with Crippen molar-refractivity contribution in [2.24, 2.45) is 0 Å². The van der Waals surface area contributed by atoms with Crippen molar-refractivity contribution >= 4 is 44.8 Å². The highest BCUT2D eigenvalue weighted by Gasteiger charge is 2.22. The highest BCUT2D eigenvalue weighted by atomic mass is 35.5. The Morgan fingerprint density at radius 2 is 1.56 bits per heavy atom. The lowest BCUT2D eigenvalue weighted by molar-refractivity contribution is 0.0940. The van der Waals surface area contributed by atoms with Gasteiger partial charge in [-0.25, -0.2) is 8.42 Å². The van der Waals surface area contributed by atoms with Crippen molar-refractivity contribution in [1.82, 2.24) is 5.32 Å². The normalized spacial score (nSPS) is 12.0. The van der Waals surface area contributed by atoms with Crippen molar-refractivity contribution in [3.63, 3.8) is 0 Å². The van der Waals surface area contributed by atoms with Crippen molar-refractivity contribution in [3.8, 4) is 0 Å². The van der Waals surface area contributed by atoms with Crippen molar-refractivity contribution in [2.45, 2.75) is 31.2 Å². The number of hydrogen-bond donors (Lipinski definition) is 2. The van der Waals surface area contributed by atoms with Gasteiger partial charge in [-0.05, 0) is 74.0 Å². The van der Waals surface area contributed by atoms with Gasteiger partial charge < -0.3 is 10.6 Å². The minimum absolute atomic E-state index is 0.00458. The van der Waals surface area contributed by atoms with Crippen LogP contribution in [0.1, 0.15) is 41.0 Å². The van der Waals surface area contributed by atoms with Crippen molar-refractivity contribution < 1.29 is 18.0 Å². The van der Waals surface area contributed by atoms with Crippen LogP contribution < -0.4 is 14.9 Å². The summed E-state index contributed by atoms with van der Waals surface area (Å²) in [6.45, 7) is 3.88. The smallest absolute Gasteiger partial charge is 0.264 e. The molecule has 0 saturated carbocycles. The number of hydrogen-bond acceptors (Lipinski definition) is 4. The number of sulfonamides is 1. The summed E-state index contributed by atoms with van der Waals surface area (Å²) in [6, 6.07) is 18.8. The van der Waals surface area contributed by atoms with Crippen molar-refractivity contribution in [2.75, 3.05) is 16.7 Å². The fourth-order valence-corrected chi connectivity index (χ4v) is 4.44.